The van der Waals surface area contributed by atoms with Crippen LogP contribution in [-0.2, 0) is 0 Å². The van der Waals surface area contributed by atoms with Crippen LogP contribution in [0.15, 0.2) is 211 Å². The van der Waals surface area contributed by atoms with Gasteiger partial charge in [0.2, 0.25) is 0 Å². The summed E-state index contributed by atoms with van der Waals surface area (Å²) in [6, 6.07) is 76.5. The Bertz CT molecular complexity index is 4020. The van der Waals surface area contributed by atoms with E-state index >= 15 is 0 Å². The molecule has 13 aromatic rings. The van der Waals surface area contributed by atoms with Crippen molar-refractivity contribution in [2.45, 2.75) is 11.8 Å². The van der Waals surface area contributed by atoms with Crippen molar-refractivity contribution >= 4 is 76.3 Å². The maximum atomic E-state index is 7.08. The molecule has 292 valence electrons. The van der Waals surface area contributed by atoms with Crippen LogP contribution in [-0.4, -0.2) is 9.13 Å². The summed E-state index contributed by atoms with van der Waals surface area (Å²) in [6.45, 7) is 0. The van der Waals surface area contributed by atoms with Gasteiger partial charge in [-0.05, 0) is 86.1 Å². The number of hydrogen-bond donors (Lipinski definition) is 0. The normalized spacial score (nSPS) is 15.3. The number of fused-ring (bicyclic) bond motifs is 13. The average Bonchev–Trinajstić information content (AvgIpc) is 4.02. The molecule has 3 aromatic heterocycles. The molecule has 0 spiro atoms. The smallest absolute Gasteiger partial charge is 0.160 e. The number of aromatic nitrogens is 2. The number of furan rings is 1. The fourth-order valence-corrected chi connectivity index (χ4v) is 12.2. The van der Waals surface area contributed by atoms with Gasteiger partial charge in [0.15, 0.2) is 5.58 Å². The summed E-state index contributed by atoms with van der Waals surface area (Å²) in [5, 5.41) is 9.74. The molecule has 10 aromatic carbocycles. The Morgan fingerprint density at radius 1 is 0.317 bits per heavy atom. The molecule has 0 saturated carbocycles. The van der Waals surface area contributed by atoms with E-state index in [4.69, 9.17) is 4.42 Å². The van der Waals surface area contributed by atoms with E-state index in [9.17, 15) is 0 Å². The van der Waals surface area contributed by atoms with Gasteiger partial charge < -0.3 is 13.6 Å². The lowest BCUT2D eigenvalue weighted by Gasteiger charge is -2.44. The Balaban J connectivity index is 1.12. The van der Waals surface area contributed by atoms with Crippen LogP contribution in [0, 0.1) is 0 Å². The topological polar surface area (TPSA) is 23.0 Å². The second-order valence-corrected chi connectivity index (χ2v) is 17.4. The van der Waals surface area contributed by atoms with Crippen LogP contribution >= 0.6 is 0 Å². The van der Waals surface area contributed by atoms with Gasteiger partial charge in [0, 0.05) is 49.7 Å². The second kappa shape index (κ2) is 12.2. The molecule has 0 amide bonds. The maximum Gasteiger partial charge on any atom is 0.160 e. The minimum Gasteiger partial charge on any atom is -0.454 e. The van der Waals surface area contributed by atoms with Crippen molar-refractivity contribution in [2.75, 3.05) is 0 Å². The molecule has 3 aliphatic carbocycles. The van der Waals surface area contributed by atoms with Crippen molar-refractivity contribution in [2.24, 2.45) is 0 Å². The molecule has 3 heterocycles. The zero-order chi connectivity index (χ0) is 40.9. The maximum absolute atomic E-state index is 7.08. The molecule has 63 heavy (non-hydrogen) atoms. The highest BCUT2D eigenvalue weighted by atomic mass is 16.3. The lowest BCUT2D eigenvalue weighted by atomic mass is 9.59. The van der Waals surface area contributed by atoms with Crippen LogP contribution in [0.5, 0.6) is 0 Å². The van der Waals surface area contributed by atoms with Gasteiger partial charge in [-0.1, -0.05) is 170 Å². The Morgan fingerprint density at radius 2 is 0.794 bits per heavy atom. The third-order valence-electron chi connectivity index (χ3n) is 14.5. The Kier molecular flexibility index (Phi) is 6.52. The quantitative estimate of drug-likeness (QED) is 0.175. The molecule has 0 aliphatic heterocycles. The number of para-hydroxylation sites is 5. The first-order valence-electron chi connectivity index (χ1n) is 22.0. The van der Waals surface area contributed by atoms with E-state index in [-0.39, 0.29) is 11.8 Å². The third kappa shape index (κ3) is 4.24. The molecule has 2 bridgehead atoms. The van der Waals surface area contributed by atoms with Gasteiger partial charge in [-0.2, -0.15) is 0 Å². The fraction of sp³-hybridized carbons (Fsp3) is 0.0333. The van der Waals surface area contributed by atoms with Gasteiger partial charge in [0.05, 0.1) is 33.4 Å². The first kappa shape index (κ1) is 33.6. The minimum atomic E-state index is 0.0237. The van der Waals surface area contributed by atoms with Crippen molar-refractivity contribution in [3.8, 4) is 22.5 Å². The number of rotatable bonds is 3. The summed E-state index contributed by atoms with van der Waals surface area (Å²) >= 11 is 0. The first-order chi connectivity index (χ1) is 31.3. The predicted octanol–water partition coefficient (Wildman–Crippen LogP) is 15.6. The van der Waals surface area contributed by atoms with E-state index < -0.39 is 0 Å². The molecule has 0 saturated heterocycles. The van der Waals surface area contributed by atoms with Crippen LogP contribution in [0.2, 0.25) is 0 Å². The van der Waals surface area contributed by atoms with E-state index in [1.54, 1.807) is 0 Å². The summed E-state index contributed by atoms with van der Waals surface area (Å²) in [5.41, 5.74) is 19.7. The van der Waals surface area contributed by atoms with Gasteiger partial charge in [-0.15, -0.1) is 0 Å². The second-order valence-electron chi connectivity index (χ2n) is 17.4. The fourth-order valence-electron chi connectivity index (χ4n) is 12.2. The number of hydrogen-bond acceptors (Lipinski definition) is 1. The van der Waals surface area contributed by atoms with Crippen LogP contribution < -0.4 is 0 Å². The third-order valence-corrected chi connectivity index (χ3v) is 14.5. The summed E-state index contributed by atoms with van der Waals surface area (Å²) in [5.74, 6) is 0.0641. The van der Waals surface area contributed by atoms with Crippen molar-refractivity contribution in [3.05, 3.63) is 240 Å². The summed E-state index contributed by atoms with van der Waals surface area (Å²) in [6.07, 6.45) is 0. The Morgan fingerprint density at radius 3 is 1.44 bits per heavy atom. The molecule has 0 unspecified atom stereocenters. The highest BCUT2D eigenvalue weighted by molar-refractivity contribution is 6.35. The van der Waals surface area contributed by atoms with E-state index in [2.05, 4.69) is 215 Å². The van der Waals surface area contributed by atoms with Crippen LogP contribution in [0.25, 0.3) is 98.8 Å². The zero-order valence-corrected chi connectivity index (χ0v) is 34.1. The van der Waals surface area contributed by atoms with E-state index in [0.29, 0.717) is 0 Å². The largest absolute Gasteiger partial charge is 0.454 e. The van der Waals surface area contributed by atoms with Crippen molar-refractivity contribution in [3.63, 3.8) is 0 Å². The Labute approximate surface area is 362 Å². The molecular formula is C60H36N2O. The molecule has 0 radical (unpaired) electrons. The first-order valence-corrected chi connectivity index (χ1v) is 22.0. The van der Waals surface area contributed by atoms with E-state index in [1.165, 1.54) is 110 Å². The van der Waals surface area contributed by atoms with Crippen LogP contribution in [0.3, 0.4) is 0 Å². The highest BCUT2D eigenvalue weighted by Gasteiger charge is 2.44. The molecule has 0 fully saturated rings. The van der Waals surface area contributed by atoms with Gasteiger partial charge in [0.25, 0.3) is 0 Å². The molecule has 3 aliphatic rings. The summed E-state index contributed by atoms with van der Waals surface area (Å²) in [4.78, 5) is 0. The lowest BCUT2D eigenvalue weighted by molar-refractivity contribution is 0.671. The molecule has 0 N–H and O–H groups in total. The lowest BCUT2D eigenvalue weighted by Crippen LogP contribution is -2.29. The number of benzene rings is 10. The zero-order valence-electron chi connectivity index (χ0n) is 34.1. The molecular weight excluding hydrogens is 765 g/mol. The van der Waals surface area contributed by atoms with Crippen LogP contribution in [0.4, 0.5) is 0 Å². The molecule has 3 heteroatoms. The van der Waals surface area contributed by atoms with Gasteiger partial charge >= 0.3 is 0 Å². The summed E-state index contributed by atoms with van der Waals surface area (Å²) < 4.78 is 12.1. The van der Waals surface area contributed by atoms with Gasteiger partial charge in [0.1, 0.15) is 5.58 Å². The van der Waals surface area contributed by atoms with Crippen molar-refractivity contribution in [1.29, 1.82) is 0 Å². The Hall–Kier alpha value is -8.14. The monoisotopic (exact) mass is 800 g/mol. The van der Waals surface area contributed by atoms with Gasteiger partial charge in [-0.25, -0.2) is 0 Å². The highest BCUT2D eigenvalue weighted by Crippen LogP contribution is 2.60. The minimum absolute atomic E-state index is 0.0237. The van der Waals surface area contributed by atoms with Crippen molar-refractivity contribution < 1.29 is 4.42 Å². The standard InChI is InChI=1S/C60H36N2O/c1-3-22-40-38(20-1)53-39-21-2-4-23-41(39)54(40)58-51(34-33-44(57(53)58)37-19-9-14-30-49(37)61-47-28-12-7-17-35(47)36-18-8-13-29-48(36)61)62-50-31-15-10-26-45(50)55-42-24-5-6-25-43(42)56-46-27-11-16-32-52(46)63-60(56)59(55)62/h1-34,53-54H. The van der Waals surface area contributed by atoms with E-state index in [0.717, 1.165) is 22.1 Å². The SMILES string of the molecule is c1ccc(-n2c3ccccc3c3ccccc32)c(-c2ccc(-n3c4ccccc4c4c5ccccc5c5c6ccccc6oc5c43)c3c2C2c4ccccc4C3c3ccccc32)c1. The predicted molar refractivity (Wildman–Crippen MR) is 260 cm³/mol. The molecule has 3 nitrogen and oxygen atoms in total. The van der Waals surface area contributed by atoms with E-state index in [1.807, 2.05) is 0 Å². The molecule has 16 rings (SSSR count). The van der Waals surface area contributed by atoms with Crippen molar-refractivity contribution in [1.82, 2.24) is 9.13 Å². The average molecular weight is 801 g/mol. The molecule has 0 atom stereocenters. The number of nitrogens with zero attached hydrogens (tertiary/aromatic N) is 2. The summed E-state index contributed by atoms with van der Waals surface area (Å²) in [7, 11) is 0. The van der Waals surface area contributed by atoms with Gasteiger partial charge in [-0.3, -0.25) is 0 Å². The van der Waals surface area contributed by atoms with Crippen LogP contribution in [0.1, 0.15) is 45.2 Å².